The smallest absolute Gasteiger partial charge is 0.309 e. The summed E-state index contributed by atoms with van der Waals surface area (Å²) in [7, 11) is 3.14. The molecule has 3 rings (SSSR count). The minimum atomic E-state index is -0.443. The molecule has 1 N–H and O–H groups in total. The Balaban J connectivity index is 1.63. The summed E-state index contributed by atoms with van der Waals surface area (Å²) in [6.07, 6.45) is 2.04. The normalized spacial score (nSPS) is 10.4. The number of aromatic nitrogens is 3. The van der Waals surface area contributed by atoms with Gasteiger partial charge in [-0.05, 0) is 29.8 Å². The summed E-state index contributed by atoms with van der Waals surface area (Å²) in [5, 5.41) is 10.4. The fourth-order valence-electron chi connectivity index (χ4n) is 2.33. The maximum atomic E-state index is 12.1. The van der Waals surface area contributed by atoms with Gasteiger partial charge in [-0.25, -0.2) is 0 Å². The van der Waals surface area contributed by atoms with E-state index in [0.29, 0.717) is 23.8 Å². The van der Waals surface area contributed by atoms with E-state index in [1.807, 2.05) is 30.3 Å². The number of carbonyl (C=O) groups excluding carboxylic acids is 1. The van der Waals surface area contributed by atoms with Gasteiger partial charge in [0.15, 0.2) is 11.5 Å². The summed E-state index contributed by atoms with van der Waals surface area (Å²) in [6, 6.07) is 11.0. The average molecular weight is 354 g/mol. The first kappa shape index (κ1) is 17.4. The Morgan fingerprint density at radius 3 is 2.69 bits per heavy atom. The molecule has 0 radical (unpaired) electrons. The third-order valence-corrected chi connectivity index (χ3v) is 3.62. The molecule has 2 aromatic heterocycles. The second kappa shape index (κ2) is 8.11. The number of pyridine rings is 1. The Kier molecular flexibility index (Phi) is 5.43. The van der Waals surface area contributed by atoms with Crippen molar-refractivity contribution in [2.75, 3.05) is 14.2 Å². The number of amides is 1. The van der Waals surface area contributed by atoms with Gasteiger partial charge >= 0.3 is 11.8 Å². The van der Waals surface area contributed by atoms with Crippen molar-refractivity contribution >= 4 is 5.91 Å². The Labute approximate surface area is 150 Å². The molecule has 0 bridgehead atoms. The average Bonchev–Trinajstić information content (AvgIpc) is 3.15. The highest BCUT2D eigenvalue weighted by molar-refractivity contribution is 5.89. The predicted molar refractivity (Wildman–Crippen MR) is 92.1 cm³/mol. The third-order valence-electron chi connectivity index (χ3n) is 3.62. The molecular weight excluding hydrogens is 336 g/mol. The second-order valence-electron chi connectivity index (χ2n) is 5.37. The number of nitrogens with one attached hydrogen (secondary N) is 1. The van der Waals surface area contributed by atoms with E-state index in [0.717, 1.165) is 11.3 Å². The quantitative estimate of drug-likeness (QED) is 0.693. The Hall–Kier alpha value is -3.42. The highest BCUT2D eigenvalue weighted by atomic mass is 16.5. The van der Waals surface area contributed by atoms with Crippen LogP contribution in [0, 0.1) is 0 Å². The fourth-order valence-corrected chi connectivity index (χ4v) is 2.33. The van der Waals surface area contributed by atoms with E-state index in [9.17, 15) is 4.79 Å². The van der Waals surface area contributed by atoms with Gasteiger partial charge in [-0.3, -0.25) is 9.78 Å². The van der Waals surface area contributed by atoms with Gasteiger partial charge in [-0.1, -0.05) is 12.1 Å². The summed E-state index contributed by atoms with van der Waals surface area (Å²) >= 11 is 0. The lowest BCUT2D eigenvalue weighted by Crippen LogP contribution is -2.23. The zero-order valence-electron chi connectivity index (χ0n) is 14.4. The maximum Gasteiger partial charge on any atom is 0.309 e. The SMILES string of the molecule is COc1ccc(Cc2nnc(C(=O)NCc3ccccn3)o2)cc1OC. The van der Waals surface area contributed by atoms with Crippen molar-refractivity contribution in [3.63, 3.8) is 0 Å². The Bertz CT molecular complexity index is 880. The molecule has 1 aromatic carbocycles. The van der Waals surface area contributed by atoms with Crippen molar-refractivity contribution in [3.05, 3.63) is 65.6 Å². The molecule has 3 aromatic rings. The topological polar surface area (TPSA) is 99.4 Å². The molecule has 0 atom stereocenters. The van der Waals surface area contributed by atoms with Gasteiger partial charge in [0.2, 0.25) is 5.89 Å². The minimum absolute atomic E-state index is 0.0867. The van der Waals surface area contributed by atoms with Crippen LogP contribution in [0.4, 0.5) is 0 Å². The van der Waals surface area contributed by atoms with Crippen molar-refractivity contribution in [2.45, 2.75) is 13.0 Å². The molecule has 0 aliphatic heterocycles. The van der Waals surface area contributed by atoms with Crippen LogP contribution in [0.2, 0.25) is 0 Å². The van der Waals surface area contributed by atoms with Gasteiger partial charge in [0.05, 0.1) is 32.9 Å². The number of nitrogens with zero attached hydrogens (tertiary/aromatic N) is 3. The molecule has 0 fully saturated rings. The van der Waals surface area contributed by atoms with Crippen LogP contribution in [-0.4, -0.2) is 35.3 Å². The number of carbonyl (C=O) groups is 1. The van der Waals surface area contributed by atoms with E-state index in [2.05, 4.69) is 20.5 Å². The Morgan fingerprint density at radius 1 is 1.12 bits per heavy atom. The third kappa shape index (κ3) is 4.15. The molecule has 0 saturated heterocycles. The van der Waals surface area contributed by atoms with Crippen LogP contribution >= 0.6 is 0 Å². The first-order valence-corrected chi connectivity index (χ1v) is 7.91. The van der Waals surface area contributed by atoms with E-state index in [1.165, 1.54) is 0 Å². The molecule has 2 heterocycles. The van der Waals surface area contributed by atoms with E-state index in [-0.39, 0.29) is 12.4 Å². The van der Waals surface area contributed by atoms with E-state index in [1.54, 1.807) is 26.5 Å². The zero-order chi connectivity index (χ0) is 18.4. The van der Waals surface area contributed by atoms with E-state index in [4.69, 9.17) is 13.9 Å². The molecule has 134 valence electrons. The lowest BCUT2D eigenvalue weighted by atomic mass is 10.1. The Morgan fingerprint density at radius 2 is 1.96 bits per heavy atom. The summed E-state index contributed by atoms with van der Waals surface area (Å²) in [4.78, 5) is 16.2. The lowest BCUT2D eigenvalue weighted by molar-refractivity contribution is 0.0914. The number of hydrogen-bond donors (Lipinski definition) is 1. The zero-order valence-corrected chi connectivity index (χ0v) is 14.4. The number of rotatable bonds is 7. The molecule has 0 aliphatic carbocycles. The molecule has 0 unspecified atom stereocenters. The summed E-state index contributed by atoms with van der Waals surface area (Å²) in [5.74, 6) is 1.05. The number of hydrogen-bond acceptors (Lipinski definition) is 7. The van der Waals surface area contributed by atoms with Crippen LogP contribution in [0.3, 0.4) is 0 Å². The lowest BCUT2D eigenvalue weighted by Gasteiger charge is -2.08. The van der Waals surface area contributed by atoms with Crippen LogP contribution in [0.5, 0.6) is 11.5 Å². The molecule has 26 heavy (non-hydrogen) atoms. The van der Waals surface area contributed by atoms with Crippen LogP contribution < -0.4 is 14.8 Å². The molecule has 0 aliphatic rings. The maximum absolute atomic E-state index is 12.1. The molecule has 8 heteroatoms. The van der Waals surface area contributed by atoms with Gasteiger partial charge in [-0.15, -0.1) is 10.2 Å². The molecule has 0 spiro atoms. The predicted octanol–water partition coefficient (Wildman–Crippen LogP) is 2.00. The molecular formula is C18H18N4O4. The highest BCUT2D eigenvalue weighted by Gasteiger charge is 2.15. The van der Waals surface area contributed by atoms with Gasteiger partial charge in [0.1, 0.15) is 0 Å². The molecule has 8 nitrogen and oxygen atoms in total. The van der Waals surface area contributed by atoms with Crippen LogP contribution in [-0.2, 0) is 13.0 Å². The van der Waals surface area contributed by atoms with E-state index < -0.39 is 5.91 Å². The summed E-state index contributed by atoms with van der Waals surface area (Å²) in [6.45, 7) is 0.285. The standard InChI is InChI=1S/C18H18N4O4/c1-24-14-7-6-12(9-15(14)25-2)10-16-21-22-18(26-16)17(23)20-11-13-5-3-4-8-19-13/h3-9H,10-11H2,1-2H3,(H,20,23). The largest absolute Gasteiger partial charge is 0.493 e. The van der Waals surface area contributed by atoms with Gasteiger partial charge in [-0.2, -0.15) is 0 Å². The molecule has 1 amide bonds. The van der Waals surface area contributed by atoms with E-state index >= 15 is 0 Å². The number of methoxy groups -OCH3 is 2. The van der Waals surface area contributed by atoms with Crippen molar-refractivity contribution in [2.24, 2.45) is 0 Å². The summed E-state index contributed by atoms with van der Waals surface area (Å²) in [5.41, 5.74) is 1.64. The van der Waals surface area contributed by atoms with Gasteiger partial charge < -0.3 is 19.2 Å². The van der Waals surface area contributed by atoms with Gasteiger partial charge in [0, 0.05) is 6.20 Å². The van der Waals surface area contributed by atoms with Crippen molar-refractivity contribution in [3.8, 4) is 11.5 Å². The number of ether oxygens (including phenoxy) is 2. The first-order valence-electron chi connectivity index (χ1n) is 7.91. The minimum Gasteiger partial charge on any atom is -0.493 e. The number of benzene rings is 1. The molecule has 0 saturated carbocycles. The van der Waals surface area contributed by atoms with Crippen LogP contribution in [0.1, 0.15) is 27.8 Å². The monoisotopic (exact) mass is 354 g/mol. The van der Waals surface area contributed by atoms with Crippen LogP contribution in [0.15, 0.2) is 47.0 Å². The van der Waals surface area contributed by atoms with Crippen molar-refractivity contribution in [1.82, 2.24) is 20.5 Å². The van der Waals surface area contributed by atoms with Crippen molar-refractivity contribution in [1.29, 1.82) is 0 Å². The van der Waals surface area contributed by atoms with Crippen LogP contribution in [0.25, 0.3) is 0 Å². The second-order valence-corrected chi connectivity index (χ2v) is 5.37. The van der Waals surface area contributed by atoms with Gasteiger partial charge in [0.25, 0.3) is 0 Å². The fraction of sp³-hybridized carbons (Fsp3) is 0.222. The highest BCUT2D eigenvalue weighted by Crippen LogP contribution is 2.28. The first-order chi connectivity index (χ1) is 12.7. The summed E-state index contributed by atoms with van der Waals surface area (Å²) < 4.78 is 15.9. The van der Waals surface area contributed by atoms with Crippen molar-refractivity contribution < 1.29 is 18.7 Å².